The summed E-state index contributed by atoms with van der Waals surface area (Å²) >= 11 is 0. The summed E-state index contributed by atoms with van der Waals surface area (Å²) in [6.45, 7) is 18.6. The number of ether oxygens (including phenoxy) is 2. The van der Waals surface area contributed by atoms with Gasteiger partial charge in [-0.2, -0.15) is 0 Å². The van der Waals surface area contributed by atoms with Crippen molar-refractivity contribution in [1.29, 1.82) is 0 Å². The molecule has 4 fully saturated rings. The van der Waals surface area contributed by atoms with Gasteiger partial charge in [0.15, 0.2) is 11.3 Å². The summed E-state index contributed by atoms with van der Waals surface area (Å²) in [5.41, 5.74) is 4.55. The minimum atomic E-state index is -1.91. The van der Waals surface area contributed by atoms with Gasteiger partial charge in [-0.3, -0.25) is 52.7 Å². The van der Waals surface area contributed by atoms with Gasteiger partial charge in [0.25, 0.3) is 11.8 Å². The first-order valence-corrected chi connectivity index (χ1v) is 33.3. The molecule has 10 atom stereocenters. The molecule has 6 aliphatic rings. The van der Waals surface area contributed by atoms with E-state index in [0.29, 0.717) is 18.4 Å². The van der Waals surface area contributed by atoms with Gasteiger partial charge in [0, 0.05) is 64.6 Å². The van der Waals surface area contributed by atoms with Crippen LogP contribution in [0, 0.1) is 37.5 Å². The Bertz CT molecular complexity index is 3830. The average molecular weight is 1360 g/mol. The maximum Gasteiger partial charge on any atom is 0.329 e. The van der Waals surface area contributed by atoms with Crippen LogP contribution in [0.1, 0.15) is 132 Å². The largest absolute Gasteiger partial charge is 0.458 e. The number of hydrogen-bond donors (Lipinski definition) is 6. The van der Waals surface area contributed by atoms with Crippen LogP contribution in [0.2, 0.25) is 0 Å². The van der Waals surface area contributed by atoms with Gasteiger partial charge in [-0.05, 0) is 88.7 Å². The maximum absolute atomic E-state index is 15.7. The van der Waals surface area contributed by atoms with E-state index in [1.54, 1.807) is 62.3 Å². The van der Waals surface area contributed by atoms with Crippen molar-refractivity contribution in [2.24, 2.45) is 23.7 Å². The lowest BCUT2D eigenvalue weighted by molar-refractivity contribution is -0.163. The molecule has 0 radical (unpaired) electrons. The van der Waals surface area contributed by atoms with Crippen LogP contribution in [0.4, 0.5) is 11.4 Å². The Morgan fingerprint density at radius 2 is 1.07 bits per heavy atom. The van der Waals surface area contributed by atoms with Crippen LogP contribution in [0.5, 0.6) is 0 Å². The van der Waals surface area contributed by atoms with E-state index in [1.165, 1.54) is 74.6 Å². The molecule has 10 amide bonds. The quantitative estimate of drug-likeness (QED) is 0.0713. The lowest BCUT2D eigenvalue weighted by Crippen LogP contribution is -2.61. The third kappa shape index (κ3) is 15.2. The first-order valence-electron chi connectivity index (χ1n) is 33.3. The Kier molecular flexibility index (Phi) is 23.0. The number of benzene rings is 3. The molecule has 29 nitrogen and oxygen atoms in total. The fourth-order valence-electron chi connectivity index (χ4n) is 13.3. The summed E-state index contributed by atoms with van der Waals surface area (Å²) in [6, 6.07) is -0.303. The third-order valence-electron chi connectivity index (χ3n) is 19.0. The fourth-order valence-corrected chi connectivity index (χ4v) is 13.3. The summed E-state index contributed by atoms with van der Waals surface area (Å²) < 4.78 is 18.7. The topological polar surface area (TPSA) is 372 Å². The number of nitrogens with two attached hydrogens (primary N) is 1. The minimum Gasteiger partial charge on any atom is -0.458 e. The molecule has 98 heavy (non-hydrogen) atoms. The number of anilines is 2. The molecule has 4 saturated heterocycles. The van der Waals surface area contributed by atoms with Gasteiger partial charge < -0.3 is 75.6 Å². The maximum atomic E-state index is 15.7. The smallest absolute Gasteiger partial charge is 0.329 e. The number of cyclic esters (lactones) is 2. The molecule has 0 aromatic heterocycles. The Hall–Kier alpha value is -9.70. The monoisotopic (exact) mass is 1360 g/mol. The van der Waals surface area contributed by atoms with Crippen molar-refractivity contribution in [2.75, 3.05) is 65.4 Å². The standard InChI is InChI=1S/C69H93N13O16/c1-32(2)49-66(92)81-26-20-24-43(81)64(90)77(13)30-45(83)79(15)55(34(5)6)68(94)96-38(11)51(62(88)73-49)75-60(86)41-28-42(71-29-40-22-18-17-19-23-40)36(9)58-53(41)72-54-47(48(70)57(85)37(10)59(54)98-58)61(87)76-52-39(12)97-69(95)56(35(7)8)80(16)46(84)31-78(14)65(91)44-25-21-27-82(44)67(93)50(33(3)4)74-63(52)89/h17-19,22-23,28,32-35,38-39,43-44,49-52,55-56,71H,20-21,24-27,29-31,70H2,1-16H3,(H,73,88)(H,74,89)(H,75,86)(H,76,87)/t38-,39-,43+,44+,49-,50-,51+,52+,55+,56+/m1/s1. The van der Waals surface area contributed by atoms with Crippen molar-refractivity contribution < 1.29 is 71.4 Å². The minimum absolute atomic E-state index is 0.113. The van der Waals surface area contributed by atoms with E-state index in [9.17, 15) is 43.2 Å². The van der Waals surface area contributed by atoms with Crippen LogP contribution in [-0.4, -0.2) is 220 Å². The SMILES string of the molecule is Cc1c2oc3c(C)c(NCc4ccccc4)cc(C(=O)N[C@@H]4C(=O)N[C@H](C(C)C)C(=O)N5CCC[C@H]5C(=O)N(C)CC(=O)N(C)[C@@H](C(C)C)C(=O)O[C@@H]4C)c3nc-2c(C(=O)N[C@@H]2C(=O)N[C@H](C(C)C)C(=O)N3CCC[C@H]3C(=O)N(C)CC(=O)N(C)[C@@H](C(C)C)C(=O)O[C@@H]2C)c(N)c1=O. The molecule has 5 heterocycles. The van der Waals surface area contributed by atoms with E-state index in [4.69, 9.17) is 24.6 Å². The lowest BCUT2D eigenvalue weighted by Gasteiger charge is -2.36. The van der Waals surface area contributed by atoms with Crippen LogP contribution in [0.25, 0.3) is 22.6 Å². The van der Waals surface area contributed by atoms with Gasteiger partial charge in [-0.1, -0.05) is 85.7 Å². The second kappa shape index (κ2) is 30.4. The molecule has 29 heteroatoms. The zero-order valence-corrected chi connectivity index (χ0v) is 58.7. The molecule has 2 aromatic rings. The Balaban J connectivity index is 1.27. The molecule has 7 N–H and O–H groups in total. The highest BCUT2D eigenvalue weighted by Gasteiger charge is 2.47. The Morgan fingerprint density at radius 1 is 0.622 bits per heavy atom. The number of aryl methyl sites for hydroxylation is 1. The van der Waals surface area contributed by atoms with Gasteiger partial charge >= 0.3 is 11.9 Å². The number of likely N-dealkylation sites (N-methyl/N-ethyl adjacent to an activating group) is 4. The van der Waals surface area contributed by atoms with Crippen LogP contribution in [0.15, 0.2) is 45.6 Å². The number of nitrogens with one attached hydrogen (secondary N) is 5. The van der Waals surface area contributed by atoms with Gasteiger partial charge in [-0.25, -0.2) is 14.6 Å². The third-order valence-corrected chi connectivity index (χ3v) is 19.0. The number of esters is 2. The molecular weight excluding hydrogens is 1270 g/mol. The van der Waals surface area contributed by atoms with Crippen molar-refractivity contribution in [3.05, 3.63) is 74.4 Å². The number of carbonyl (C=O) groups is 12. The van der Waals surface area contributed by atoms with Crippen molar-refractivity contribution in [2.45, 2.75) is 176 Å². The van der Waals surface area contributed by atoms with E-state index in [0.717, 1.165) is 15.4 Å². The zero-order valence-electron chi connectivity index (χ0n) is 58.7. The van der Waals surface area contributed by atoms with Gasteiger partial charge in [0.1, 0.15) is 71.8 Å². The lowest BCUT2D eigenvalue weighted by atomic mass is 9.98. The van der Waals surface area contributed by atoms with Crippen LogP contribution in [0.3, 0.4) is 0 Å². The number of hydrogen-bond acceptors (Lipinski definition) is 19. The van der Waals surface area contributed by atoms with E-state index < -0.39 is 191 Å². The number of nitrogens with zero attached hydrogens (tertiary/aromatic N) is 7. The number of rotatable bonds is 11. The van der Waals surface area contributed by atoms with E-state index in [1.807, 2.05) is 30.3 Å². The summed E-state index contributed by atoms with van der Waals surface area (Å²) in [5.74, 6) is -12.6. The van der Waals surface area contributed by atoms with Crippen LogP contribution >= 0.6 is 0 Å². The predicted octanol–water partition coefficient (Wildman–Crippen LogP) is 2.34. The first-order chi connectivity index (χ1) is 46.1. The Morgan fingerprint density at radius 3 is 1.51 bits per heavy atom. The highest BCUT2D eigenvalue weighted by molar-refractivity contribution is 6.11. The number of aromatic nitrogens is 1. The van der Waals surface area contributed by atoms with Crippen molar-refractivity contribution in [3.63, 3.8) is 0 Å². The number of nitrogen functional groups attached to an aromatic ring is 1. The second-order valence-corrected chi connectivity index (χ2v) is 27.5. The van der Waals surface area contributed by atoms with Crippen molar-refractivity contribution in [3.8, 4) is 11.5 Å². The summed E-state index contributed by atoms with van der Waals surface area (Å²) in [7, 11) is 5.59. The van der Waals surface area contributed by atoms with Gasteiger partial charge in [-0.15, -0.1) is 0 Å². The van der Waals surface area contributed by atoms with E-state index in [2.05, 4.69) is 26.6 Å². The zero-order chi connectivity index (χ0) is 72.4. The van der Waals surface area contributed by atoms with Crippen molar-refractivity contribution >= 4 is 93.5 Å². The highest BCUT2D eigenvalue weighted by atomic mass is 16.6. The summed E-state index contributed by atoms with van der Waals surface area (Å²) in [5, 5.41) is 14.2. The van der Waals surface area contributed by atoms with Gasteiger partial charge in [0.2, 0.25) is 52.7 Å². The van der Waals surface area contributed by atoms with Gasteiger partial charge in [0.05, 0.1) is 29.9 Å². The summed E-state index contributed by atoms with van der Waals surface area (Å²) in [4.78, 5) is 202. The Labute approximate surface area is 569 Å². The average Bonchev–Trinajstić information content (AvgIpc) is 0.737. The molecule has 5 aliphatic heterocycles. The fraction of sp³-hybridized carbons (Fsp3) is 0.565. The van der Waals surface area contributed by atoms with E-state index >= 15 is 19.2 Å². The predicted molar refractivity (Wildman–Crippen MR) is 359 cm³/mol. The number of fused-ring (bicyclic) bond motifs is 4. The molecular formula is C69H93N13O16. The van der Waals surface area contributed by atoms with E-state index in [-0.39, 0.29) is 66.2 Å². The number of carbonyl (C=O) groups excluding carboxylic acids is 12. The molecule has 2 aromatic carbocycles. The number of amides is 10. The summed E-state index contributed by atoms with van der Waals surface area (Å²) in [6.07, 6.45) is -1.75. The normalized spacial score (nSPS) is 25.0. The second-order valence-electron chi connectivity index (χ2n) is 27.5. The molecule has 0 unspecified atom stereocenters. The van der Waals surface area contributed by atoms with Crippen LogP contribution < -0.4 is 37.7 Å². The van der Waals surface area contributed by atoms with Crippen LogP contribution in [-0.2, 0) is 64.0 Å². The molecule has 530 valence electrons. The molecule has 0 saturated carbocycles. The molecule has 0 spiro atoms. The molecule has 0 bridgehead atoms. The van der Waals surface area contributed by atoms with Crippen molar-refractivity contribution in [1.82, 2.24) is 55.7 Å². The molecule has 8 rings (SSSR count). The molecule has 1 aliphatic carbocycles. The first kappa shape index (κ1) is 74.1. The highest BCUT2D eigenvalue weighted by Crippen LogP contribution is 2.38.